The number of halogens is 2. The van der Waals surface area contributed by atoms with Crippen LogP contribution in [0.1, 0.15) is 133 Å². The molecule has 2 aromatic rings. The highest BCUT2D eigenvalue weighted by molar-refractivity contribution is 5.91. The molecule has 0 N–H and O–H groups in total. The molecular formula is C38H54F2O4. The number of hydrogen-bond donors (Lipinski definition) is 0. The van der Waals surface area contributed by atoms with Gasteiger partial charge in [-0.3, -0.25) is 0 Å². The van der Waals surface area contributed by atoms with E-state index in [2.05, 4.69) is 26.0 Å². The third kappa shape index (κ3) is 13.0. The molecule has 0 bridgehead atoms. The number of carbonyl (C=O) groups excluding carboxylic acids is 1. The summed E-state index contributed by atoms with van der Waals surface area (Å²) in [4.78, 5) is 12.6. The summed E-state index contributed by atoms with van der Waals surface area (Å²) in [5, 5.41) is 0. The Morgan fingerprint density at radius 3 is 2.02 bits per heavy atom. The topological polar surface area (TPSA) is 44.8 Å². The summed E-state index contributed by atoms with van der Waals surface area (Å²) in [7, 11) is 0. The van der Waals surface area contributed by atoms with Crippen molar-refractivity contribution >= 4 is 5.97 Å². The van der Waals surface area contributed by atoms with Gasteiger partial charge >= 0.3 is 5.97 Å². The quantitative estimate of drug-likeness (QED) is 0.0609. The van der Waals surface area contributed by atoms with Gasteiger partial charge in [-0.1, -0.05) is 103 Å². The van der Waals surface area contributed by atoms with Crippen LogP contribution in [0.5, 0.6) is 17.2 Å². The normalized spacial score (nSPS) is 16.7. The van der Waals surface area contributed by atoms with Gasteiger partial charge in [0.1, 0.15) is 18.1 Å². The Morgan fingerprint density at radius 2 is 1.34 bits per heavy atom. The molecule has 0 aliphatic heterocycles. The van der Waals surface area contributed by atoms with Crippen LogP contribution in [0.3, 0.4) is 0 Å². The van der Waals surface area contributed by atoms with E-state index in [0.29, 0.717) is 24.9 Å². The van der Waals surface area contributed by atoms with Crippen LogP contribution < -0.4 is 14.2 Å². The molecule has 3 rings (SSSR count). The minimum absolute atomic E-state index is 0.191. The second-order valence-electron chi connectivity index (χ2n) is 12.3. The van der Waals surface area contributed by atoms with Crippen LogP contribution in [0.2, 0.25) is 0 Å². The Hall–Kier alpha value is -2.89. The Morgan fingerprint density at radius 1 is 0.727 bits per heavy atom. The van der Waals surface area contributed by atoms with Crippen molar-refractivity contribution in [2.75, 3.05) is 13.2 Å². The second-order valence-corrected chi connectivity index (χ2v) is 12.3. The lowest BCUT2D eigenvalue weighted by Crippen LogP contribution is -2.13. The summed E-state index contributed by atoms with van der Waals surface area (Å²) in [6.07, 6.45) is 25.3. The molecule has 1 fully saturated rings. The van der Waals surface area contributed by atoms with E-state index in [0.717, 1.165) is 25.2 Å². The van der Waals surface area contributed by atoms with E-state index in [9.17, 15) is 13.6 Å². The number of esters is 1. The lowest BCUT2D eigenvalue weighted by Gasteiger charge is -2.26. The van der Waals surface area contributed by atoms with Crippen LogP contribution in [0.15, 0.2) is 48.6 Å². The lowest BCUT2D eigenvalue weighted by atomic mass is 9.79. The summed E-state index contributed by atoms with van der Waals surface area (Å²) in [6, 6.07) is 9.03. The summed E-state index contributed by atoms with van der Waals surface area (Å²) in [5.41, 5.74) is -0.474. The molecule has 1 saturated carbocycles. The smallest absolute Gasteiger partial charge is 0.346 e. The molecule has 244 valence electrons. The van der Waals surface area contributed by atoms with Crippen molar-refractivity contribution in [2.24, 2.45) is 11.8 Å². The van der Waals surface area contributed by atoms with Gasteiger partial charge in [-0.25, -0.2) is 9.18 Å². The van der Waals surface area contributed by atoms with Crippen molar-refractivity contribution in [3.63, 3.8) is 0 Å². The lowest BCUT2D eigenvalue weighted by molar-refractivity contribution is 0.0728. The first-order chi connectivity index (χ1) is 21.5. The molecule has 44 heavy (non-hydrogen) atoms. The maximum atomic E-state index is 14.7. The van der Waals surface area contributed by atoms with Gasteiger partial charge in [0, 0.05) is 0 Å². The van der Waals surface area contributed by atoms with E-state index >= 15 is 0 Å². The van der Waals surface area contributed by atoms with Gasteiger partial charge in [0.05, 0.1) is 12.2 Å². The molecule has 0 radical (unpaired) electrons. The summed E-state index contributed by atoms with van der Waals surface area (Å²) >= 11 is 0. The average molecular weight is 613 g/mol. The second kappa shape index (κ2) is 21.0. The SMILES string of the molecule is CCCCCCCCCCCOc1ccc(C(=O)Oc2ccc(OC/C=C/C3CCC(CCCCC)CC3)cc2)c(F)c1F. The Labute approximate surface area is 264 Å². The number of rotatable bonds is 21. The molecule has 0 saturated heterocycles. The Bertz CT molecular complexity index is 1110. The fraction of sp³-hybridized carbons (Fsp3) is 0.605. The van der Waals surface area contributed by atoms with Crippen molar-refractivity contribution < 1.29 is 27.8 Å². The maximum Gasteiger partial charge on any atom is 0.346 e. The van der Waals surface area contributed by atoms with Gasteiger partial charge in [0.2, 0.25) is 5.82 Å². The predicted molar refractivity (Wildman–Crippen MR) is 175 cm³/mol. The highest BCUT2D eigenvalue weighted by Crippen LogP contribution is 2.33. The van der Waals surface area contributed by atoms with Crippen LogP contribution in [-0.2, 0) is 0 Å². The van der Waals surface area contributed by atoms with E-state index in [4.69, 9.17) is 14.2 Å². The van der Waals surface area contributed by atoms with Gasteiger partial charge < -0.3 is 14.2 Å². The summed E-state index contributed by atoms with van der Waals surface area (Å²) in [5.74, 6) is -1.21. The zero-order chi connectivity index (χ0) is 31.4. The largest absolute Gasteiger partial charge is 0.490 e. The molecule has 0 spiro atoms. The monoisotopic (exact) mass is 612 g/mol. The molecule has 4 nitrogen and oxygen atoms in total. The van der Waals surface area contributed by atoms with Crippen molar-refractivity contribution in [2.45, 2.75) is 123 Å². The molecule has 2 aromatic carbocycles. The number of allylic oxidation sites excluding steroid dienone is 1. The maximum absolute atomic E-state index is 14.7. The predicted octanol–water partition coefficient (Wildman–Crippen LogP) is 11.4. The standard InChI is InChI=1S/C38H54F2O4/c1-3-5-7-8-9-10-11-12-14-28-43-35-27-26-34(36(39)37(35)40)38(41)44-33-24-22-32(23-25-33)42-29-15-17-31-20-18-30(19-21-31)16-13-6-4-2/h15,17,22-27,30-31H,3-14,16,18-21,28-29H2,1-2H3/b17-15+. The fourth-order valence-electron chi connectivity index (χ4n) is 5.91. The molecule has 0 atom stereocenters. The van der Waals surface area contributed by atoms with Crippen molar-refractivity contribution in [3.05, 3.63) is 65.7 Å². The Kier molecular flexibility index (Phi) is 16.9. The molecule has 1 aliphatic carbocycles. The number of unbranched alkanes of at least 4 members (excludes halogenated alkanes) is 10. The van der Waals surface area contributed by atoms with Gasteiger partial charge in [-0.05, 0) is 80.3 Å². The van der Waals surface area contributed by atoms with Crippen LogP contribution in [-0.4, -0.2) is 19.2 Å². The summed E-state index contributed by atoms with van der Waals surface area (Å²) < 4.78 is 45.8. The average Bonchev–Trinajstić information content (AvgIpc) is 3.03. The van der Waals surface area contributed by atoms with E-state index in [1.807, 2.05) is 0 Å². The van der Waals surface area contributed by atoms with E-state index in [-0.39, 0.29) is 11.5 Å². The zero-order valence-electron chi connectivity index (χ0n) is 27.1. The minimum Gasteiger partial charge on any atom is -0.490 e. The van der Waals surface area contributed by atoms with Crippen LogP contribution in [0.25, 0.3) is 0 Å². The third-order valence-electron chi connectivity index (χ3n) is 8.67. The van der Waals surface area contributed by atoms with Gasteiger partial charge in [-0.15, -0.1) is 0 Å². The molecule has 6 heteroatoms. The fourth-order valence-corrected chi connectivity index (χ4v) is 5.91. The molecule has 0 amide bonds. The zero-order valence-corrected chi connectivity index (χ0v) is 27.1. The first kappa shape index (κ1) is 35.6. The van der Waals surface area contributed by atoms with E-state index in [1.165, 1.54) is 102 Å². The van der Waals surface area contributed by atoms with Crippen molar-refractivity contribution in [3.8, 4) is 17.2 Å². The molecule has 1 aliphatic rings. The number of hydrogen-bond acceptors (Lipinski definition) is 4. The van der Waals surface area contributed by atoms with E-state index in [1.54, 1.807) is 24.3 Å². The van der Waals surface area contributed by atoms with Crippen LogP contribution in [0.4, 0.5) is 8.78 Å². The van der Waals surface area contributed by atoms with Gasteiger partial charge in [-0.2, -0.15) is 4.39 Å². The number of carbonyl (C=O) groups is 1. The Balaban J connectivity index is 1.34. The minimum atomic E-state index is -1.27. The third-order valence-corrected chi connectivity index (χ3v) is 8.67. The molecule has 0 aromatic heterocycles. The molecule has 0 unspecified atom stereocenters. The summed E-state index contributed by atoms with van der Waals surface area (Å²) in [6.45, 7) is 5.24. The number of ether oxygens (including phenoxy) is 3. The first-order valence-corrected chi connectivity index (χ1v) is 17.2. The first-order valence-electron chi connectivity index (χ1n) is 17.2. The highest BCUT2D eigenvalue weighted by Gasteiger charge is 2.21. The molecular weight excluding hydrogens is 558 g/mol. The van der Waals surface area contributed by atoms with Gasteiger partial charge in [0.25, 0.3) is 0 Å². The number of benzene rings is 2. The van der Waals surface area contributed by atoms with Crippen LogP contribution >= 0.6 is 0 Å². The highest BCUT2D eigenvalue weighted by atomic mass is 19.2. The van der Waals surface area contributed by atoms with Crippen molar-refractivity contribution in [1.29, 1.82) is 0 Å². The molecule has 0 heterocycles. The van der Waals surface area contributed by atoms with Crippen molar-refractivity contribution in [1.82, 2.24) is 0 Å². The van der Waals surface area contributed by atoms with Crippen LogP contribution in [0, 0.1) is 23.5 Å². The van der Waals surface area contributed by atoms with E-state index < -0.39 is 23.2 Å². The van der Waals surface area contributed by atoms with Gasteiger partial charge in [0.15, 0.2) is 11.6 Å².